The van der Waals surface area contributed by atoms with Crippen LogP contribution in [-0.4, -0.2) is 6.61 Å². The lowest BCUT2D eigenvalue weighted by molar-refractivity contribution is -0.137. The molecule has 1 unspecified atom stereocenters. The standard InChI is InChI=1S/C20H18F3NO/c1-13-8-17(20(21,22)23)11-18(9-13)25-12-19(24)16-7-6-14-4-2-3-5-15(14)10-16/h2-11,19H,12,24H2,1H3. The van der Waals surface area contributed by atoms with Gasteiger partial charge in [0.1, 0.15) is 12.4 Å². The molecule has 0 spiro atoms. The molecule has 0 bridgehead atoms. The van der Waals surface area contributed by atoms with Crippen LogP contribution >= 0.6 is 0 Å². The molecule has 0 aliphatic rings. The summed E-state index contributed by atoms with van der Waals surface area (Å²) in [5.74, 6) is 0.170. The Labute approximate surface area is 144 Å². The fraction of sp³-hybridized carbons (Fsp3) is 0.200. The lowest BCUT2D eigenvalue weighted by Crippen LogP contribution is -2.19. The van der Waals surface area contributed by atoms with Crippen molar-refractivity contribution in [2.75, 3.05) is 6.61 Å². The molecule has 0 aromatic heterocycles. The van der Waals surface area contributed by atoms with Crippen molar-refractivity contribution in [2.24, 2.45) is 5.73 Å². The van der Waals surface area contributed by atoms with Gasteiger partial charge < -0.3 is 10.5 Å². The molecule has 3 aromatic rings. The maximum atomic E-state index is 12.9. The third kappa shape index (κ3) is 4.12. The summed E-state index contributed by atoms with van der Waals surface area (Å²) in [6.07, 6.45) is -4.40. The van der Waals surface area contributed by atoms with Crippen LogP contribution in [0.25, 0.3) is 10.8 Å². The van der Waals surface area contributed by atoms with Gasteiger partial charge in [-0.25, -0.2) is 0 Å². The predicted molar refractivity (Wildman–Crippen MR) is 92.6 cm³/mol. The summed E-state index contributed by atoms with van der Waals surface area (Å²) in [4.78, 5) is 0. The first kappa shape index (κ1) is 17.3. The minimum absolute atomic E-state index is 0.0963. The molecule has 3 aromatic carbocycles. The van der Waals surface area contributed by atoms with Crippen molar-refractivity contribution in [1.29, 1.82) is 0 Å². The fourth-order valence-electron chi connectivity index (χ4n) is 2.72. The van der Waals surface area contributed by atoms with E-state index in [4.69, 9.17) is 10.5 Å². The SMILES string of the molecule is Cc1cc(OCC(N)c2ccc3ccccc3c2)cc(C(F)(F)F)c1. The summed E-state index contributed by atoms with van der Waals surface area (Å²) in [5.41, 5.74) is 6.80. The Hall–Kier alpha value is -2.53. The Kier molecular flexibility index (Phi) is 4.68. The number of fused-ring (bicyclic) bond motifs is 1. The molecule has 0 saturated carbocycles. The molecule has 0 heterocycles. The summed E-state index contributed by atoms with van der Waals surface area (Å²) in [6.45, 7) is 1.70. The Morgan fingerprint density at radius 2 is 1.68 bits per heavy atom. The number of alkyl halides is 3. The molecule has 25 heavy (non-hydrogen) atoms. The first-order valence-corrected chi connectivity index (χ1v) is 7.89. The summed E-state index contributed by atoms with van der Waals surface area (Å²) in [5, 5.41) is 2.17. The Bertz CT molecular complexity index is 889. The highest BCUT2D eigenvalue weighted by atomic mass is 19.4. The van der Waals surface area contributed by atoms with E-state index in [1.54, 1.807) is 13.0 Å². The molecule has 3 rings (SSSR count). The second kappa shape index (κ2) is 6.76. The smallest absolute Gasteiger partial charge is 0.416 e. The average Bonchev–Trinajstić information content (AvgIpc) is 2.58. The van der Waals surface area contributed by atoms with Gasteiger partial charge >= 0.3 is 6.18 Å². The number of halogens is 3. The summed E-state index contributed by atoms with van der Waals surface area (Å²) >= 11 is 0. The van der Waals surface area contributed by atoms with Gasteiger partial charge in [0, 0.05) is 0 Å². The van der Waals surface area contributed by atoms with Gasteiger partial charge in [-0.3, -0.25) is 0 Å². The molecule has 0 aliphatic heterocycles. The zero-order chi connectivity index (χ0) is 18.0. The highest BCUT2D eigenvalue weighted by Crippen LogP contribution is 2.32. The number of hydrogen-bond acceptors (Lipinski definition) is 2. The summed E-state index contributed by atoms with van der Waals surface area (Å²) in [7, 11) is 0. The van der Waals surface area contributed by atoms with Crippen molar-refractivity contribution in [3.05, 3.63) is 77.4 Å². The van der Waals surface area contributed by atoms with Gasteiger partial charge in [-0.05, 0) is 53.1 Å². The second-order valence-corrected chi connectivity index (χ2v) is 6.06. The predicted octanol–water partition coefficient (Wildman–Crippen LogP) is 5.25. The van der Waals surface area contributed by atoms with Gasteiger partial charge in [0.15, 0.2) is 0 Å². The van der Waals surface area contributed by atoms with Gasteiger partial charge in [0.25, 0.3) is 0 Å². The van der Waals surface area contributed by atoms with E-state index in [1.807, 2.05) is 42.5 Å². The topological polar surface area (TPSA) is 35.2 Å². The van der Waals surface area contributed by atoms with Crippen LogP contribution in [0.2, 0.25) is 0 Å². The molecule has 0 fully saturated rings. The van der Waals surface area contributed by atoms with E-state index in [2.05, 4.69) is 0 Å². The van der Waals surface area contributed by atoms with E-state index < -0.39 is 17.8 Å². The normalized spacial score (nSPS) is 13.0. The third-order valence-electron chi connectivity index (χ3n) is 4.01. The van der Waals surface area contributed by atoms with Crippen molar-refractivity contribution < 1.29 is 17.9 Å². The average molecular weight is 345 g/mol. The van der Waals surface area contributed by atoms with E-state index >= 15 is 0 Å². The quantitative estimate of drug-likeness (QED) is 0.701. The largest absolute Gasteiger partial charge is 0.492 e. The zero-order valence-electron chi connectivity index (χ0n) is 13.7. The van der Waals surface area contributed by atoms with Crippen LogP contribution in [-0.2, 0) is 6.18 Å². The molecule has 2 nitrogen and oxygen atoms in total. The van der Waals surface area contributed by atoms with Crippen LogP contribution in [0.5, 0.6) is 5.75 Å². The molecule has 5 heteroatoms. The summed E-state index contributed by atoms with van der Waals surface area (Å²) < 4.78 is 44.2. The Morgan fingerprint density at radius 1 is 0.960 bits per heavy atom. The van der Waals surface area contributed by atoms with Crippen LogP contribution < -0.4 is 10.5 Å². The summed E-state index contributed by atoms with van der Waals surface area (Å²) in [6, 6.07) is 17.0. The van der Waals surface area contributed by atoms with Crippen LogP contribution in [0.1, 0.15) is 22.7 Å². The van der Waals surface area contributed by atoms with E-state index in [0.29, 0.717) is 5.56 Å². The van der Waals surface area contributed by atoms with E-state index in [-0.39, 0.29) is 12.4 Å². The number of benzene rings is 3. The lowest BCUT2D eigenvalue weighted by Gasteiger charge is -2.16. The molecular weight excluding hydrogens is 327 g/mol. The van der Waals surface area contributed by atoms with E-state index in [0.717, 1.165) is 28.5 Å². The third-order valence-corrected chi connectivity index (χ3v) is 4.01. The second-order valence-electron chi connectivity index (χ2n) is 6.06. The van der Waals surface area contributed by atoms with Gasteiger partial charge in [0.2, 0.25) is 0 Å². The van der Waals surface area contributed by atoms with Gasteiger partial charge in [-0.15, -0.1) is 0 Å². The van der Waals surface area contributed by atoms with Crippen molar-refractivity contribution in [3.63, 3.8) is 0 Å². The first-order valence-electron chi connectivity index (χ1n) is 7.89. The Balaban J connectivity index is 1.75. The van der Waals surface area contributed by atoms with Crippen LogP contribution in [0, 0.1) is 6.92 Å². The van der Waals surface area contributed by atoms with Crippen molar-refractivity contribution in [2.45, 2.75) is 19.1 Å². The monoisotopic (exact) mass is 345 g/mol. The van der Waals surface area contributed by atoms with Crippen molar-refractivity contribution >= 4 is 10.8 Å². The Morgan fingerprint density at radius 3 is 2.40 bits per heavy atom. The van der Waals surface area contributed by atoms with Crippen molar-refractivity contribution in [3.8, 4) is 5.75 Å². The lowest BCUT2D eigenvalue weighted by atomic mass is 10.0. The molecule has 2 N–H and O–H groups in total. The van der Waals surface area contributed by atoms with E-state index in [1.165, 1.54) is 0 Å². The molecule has 0 amide bonds. The number of hydrogen-bond donors (Lipinski definition) is 1. The number of ether oxygens (including phenoxy) is 1. The van der Waals surface area contributed by atoms with Crippen LogP contribution in [0.4, 0.5) is 13.2 Å². The van der Waals surface area contributed by atoms with E-state index in [9.17, 15) is 13.2 Å². The zero-order valence-corrected chi connectivity index (χ0v) is 13.7. The van der Waals surface area contributed by atoms with Gasteiger partial charge in [-0.2, -0.15) is 13.2 Å². The first-order chi connectivity index (χ1) is 11.8. The maximum absolute atomic E-state index is 12.9. The highest BCUT2D eigenvalue weighted by molar-refractivity contribution is 5.83. The molecular formula is C20H18F3NO. The fourth-order valence-corrected chi connectivity index (χ4v) is 2.72. The molecule has 130 valence electrons. The molecule has 0 radical (unpaired) electrons. The number of rotatable bonds is 4. The van der Waals surface area contributed by atoms with Gasteiger partial charge in [0.05, 0.1) is 11.6 Å². The van der Waals surface area contributed by atoms with Crippen molar-refractivity contribution in [1.82, 2.24) is 0 Å². The maximum Gasteiger partial charge on any atom is 0.416 e. The van der Waals surface area contributed by atoms with Crippen LogP contribution in [0.3, 0.4) is 0 Å². The minimum atomic E-state index is -4.40. The highest BCUT2D eigenvalue weighted by Gasteiger charge is 2.31. The minimum Gasteiger partial charge on any atom is -0.492 e. The van der Waals surface area contributed by atoms with Crippen LogP contribution in [0.15, 0.2) is 60.7 Å². The molecule has 0 aliphatic carbocycles. The molecule has 0 saturated heterocycles. The number of aryl methyl sites for hydroxylation is 1. The molecule has 1 atom stereocenters. The number of nitrogens with two attached hydrogens (primary N) is 1. The van der Waals surface area contributed by atoms with Gasteiger partial charge in [-0.1, -0.05) is 36.4 Å².